The third-order valence-corrected chi connectivity index (χ3v) is 4.27. The molecule has 0 bridgehead atoms. The highest BCUT2D eigenvalue weighted by Crippen LogP contribution is 2.29. The number of aromatic nitrogens is 4. The van der Waals surface area contributed by atoms with Crippen LogP contribution in [0.4, 0.5) is 0 Å². The first-order valence-electron chi connectivity index (χ1n) is 8.08. The van der Waals surface area contributed by atoms with Gasteiger partial charge in [0.2, 0.25) is 0 Å². The molecule has 0 saturated carbocycles. The molecule has 118 valence electrons. The molecule has 0 N–H and O–H groups in total. The predicted molar refractivity (Wildman–Crippen MR) is 88.4 cm³/mol. The lowest BCUT2D eigenvalue weighted by atomic mass is 10.0. The van der Waals surface area contributed by atoms with Gasteiger partial charge in [0.15, 0.2) is 0 Å². The fourth-order valence-electron chi connectivity index (χ4n) is 3.05. The van der Waals surface area contributed by atoms with E-state index in [0.717, 1.165) is 36.3 Å². The minimum absolute atomic E-state index is 0.0658. The summed E-state index contributed by atoms with van der Waals surface area (Å²) >= 11 is 0. The fraction of sp³-hybridized carbons (Fsp3) is 0.333. The maximum absolute atomic E-state index is 5.82. The van der Waals surface area contributed by atoms with Crippen LogP contribution in [0.5, 0.6) is 0 Å². The average molecular weight is 308 g/mol. The monoisotopic (exact) mass is 308 g/mol. The molecule has 3 aromatic rings. The Morgan fingerprint density at radius 2 is 2.17 bits per heavy atom. The van der Waals surface area contributed by atoms with Crippen molar-refractivity contribution >= 4 is 0 Å². The molecule has 3 heterocycles. The van der Waals surface area contributed by atoms with Crippen molar-refractivity contribution in [3.63, 3.8) is 0 Å². The van der Waals surface area contributed by atoms with Crippen LogP contribution in [-0.2, 0) is 4.74 Å². The van der Waals surface area contributed by atoms with E-state index in [1.165, 1.54) is 12.0 Å². The molecular formula is C18H20N4O. The Kier molecular flexibility index (Phi) is 3.71. The van der Waals surface area contributed by atoms with Crippen molar-refractivity contribution in [3.05, 3.63) is 54.6 Å². The third kappa shape index (κ3) is 2.80. The largest absolute Gasteiger partial charge is 0.357 e. The van der Waals surface area contributed by atoms with Gasteiger partial charge >= 0.3 is 0 Å². The first-order valence-corrected chi connectivity index (χ1v) is 8.08. The van der Waals surface area contributed by atoms with Crippen molar-refractivity contribution in [3.8, 4) is 16.8 Å². The van der Waals surface area contributed by atoms with E-state index in [2.05, 4.69) is 41.5 Å². The van der Waals surface area contributed by atoms with Gasteiger partial charge in [0.1, 0.15) is 6.23 Å². The second-order valence-corrected chi connectivity index (χ2v) is 6.00. The molecule has 5 heteroatoms. The number of nitrogens with zero attached hydrogens (tertiary/aromatic N) is 4. The molecule has 1 atom stereocenters. The molecular weight excluding hydrogens is 288 g/mol. The maximum Gasteiger partial charge on any atom is 0.150 e. The standard InChI is InChI=1S/C18H20N4O/c1-14-6-7-16(17(11-14)21-9-4-8-19-21)15-12-20-22(13-15)18-5-2-3-10-23-18/h4,6-9,11-13,18H,2-3,5,10H2,1H3/t18-/m0/s1. The quantitative estimate of drug-likeness (QED) is 0.740. The lowest BCUT2D eigenvalue weighted by Gasteiger charge is -2.22. The zero-order valence-electron chi connectivity index (χ0n) is 13.2. The summed E-state index contributed by atoms with van der Waals surface area (Å²) in [7, 11) is 0. The van der Waals surface area contributed by atoms with Gasteiger partial charge in [-0.1, -0.05) is 12.1 Å². The van der Waals surface area contributed by atoms with Crippen LogP contribution in [-0.4, -0.2) is 26.2 Å². The van der Waals surface area contributed by atoms with Crippen molar-refractivity contribution in [2.45, 2.75) is 32.4 Å². The highest BCUT2D eigenvalue weighted by Gasteiger charge is 2.18. The van der Waals surface area contributed by atoms with Crippen molar-refractivity contribution in [1.29, 1.82) is 0 Å². The van der Waals surface area contributed by atoms with Crippen LogP contribution in [0.25, 0.3) is 16.8 Å². The van der Waals surface area contributed by atoms with E-state index in [-0.39, 0.29) is 6.23 Å². The molecule has 0 radical (unpaired) electrons. The van der Waals surface area contributed by atoms with Crippen LogP contribution in [0.1, 0.15) is 31.1 Å². The molecule has 0 aliphatic carbocycles. The molecule has 1 aromatic carbocycles. The second-order valence-electron chi connectivity index (χ2n) is 6.00. The molecule has 4 rings (SSSR count). The lowest BCUT2D eigenvalue weighted by Crippen LogP contribution is -2.18. The Labute approximate surface area is 135 Å². The molecule has 5 nitrogen and oxygen atoms in total. The highest BCUT2D eigenvalue weighted by molar-refractivity contribution is 5.72. The van der Waals surface area contributed by atoms with Crippen LogP contribution >= 0.6 is 0 Å². The van der Waals surface area contributed by atoms with E-state index in [1.54, 1.807) is 6.20 Å². The lowest BCUT2D eigenvalue weighted by molar-refractivity contribution is -0.0394. The van der Waals surface area contributed by atoms with Crippen LogP contribution < -0.4 is 0 Å². The van der Waals surface area contributed by atoms with Gasteiger partial charge < -0.3 is 4.74 Å². The normalized spacial score (nSPS) is 18.2. The highest BCUT2D eigenvalue weighted by atomic mass is 16.5. The van der Waals surface area contributed by atoms with Crippen LogP contribution in [0.3, 0.4) is 0 Å². The van der Waals surface area contributed by atoms with Crippen LogP contribution in [0, 0.1) is 6.92 Å². The van der Waals surface area contributed by atoms with Crippen LogP contribution in [0.15, 0.2) is 49.1 Å². The van der Waals surface area contributed by atoms with Gasteiger partial charge in [0.05, 0.1) is 11.9 Å². The first kappa shape index (κ1) is 14.2. The summed E-state index contributed by atoms with van der Waals surface area (Å²) in [6.07, 6.45) is 11.2. The van der Waals surface area contributed by atoms with Crippen molar-refractivity contribution in [2.24, 2.45) is 0 Å². The number of hydrogen-bond donors (Lipinski definition) is 0. The number of rotatable bonds is 3. The molecule has 1 aliphatic heterocycles. The van der Waals surface area contributed by atoms with Gasteiger partial charge in [-0.25, -0.2) is 9.36 Å². The van der Waals surface area contributed by atoms with Crippen molar-refractivity contribution in [1.82, 2.24) is 19.6 Å². The molecule has 2 aromatic heterocycles. The van der Waals surface area contributed by atoms with Gasteiger partial charge in [-0.3, -0.25) is 0 Å². The van der Waals surface area contributed by atoms with Crippen molar-refractivity contribution < 1.29 is 4.74 Å². The number of hydrogen-bond acceptors (Lipinski definition) is 3. The zero-order valence-corrected chi connectivity index (χ0v) is 13.2. The summed E-state index contributed by atoms with van der Waals surface area (Å²) in [5.41, 5.74) is 4.49. The van der Waals surface area contributed by atoms with Gasteiger partial charge in [0.25, 0.3) is 0 Å². The Bertz CT molecular complexity index is 785. The van der Waals surface area contributed by atoms with Crippen LogP contribution in [0.2, 0.25) is 0 Å². The van der Waals surface area contributed by atoms with E-state index in [0.29, 0.717) is 0 Å². The van der Waals surface area contributed by atoms with E-state index < -0.39 is 0 Å². The van der Waals surface area contributed by atoms with Gasteiger partial charge in [-0.2, -0.15) is 10.2 Å². The summed E-state index contributed by atoms with van der Waals surface area (Å²) < 4.78 is 9.66. The summed E-state index contributed by atoms with van der Waals surface area (Å²) in [5.74, 6) is 0. The summed E-state index contributed by atoms with van der Waals surface area (Å²) in [6.45, 7) is 2.92. The summed E-state index contributed by atoms with van der Waals surface area (Å²) in [4.78, 5) is 0. The van der Waals surface area contributed by atoms with Gasteiger partial charge in [-0.15, -0.1) is 0 Å². The van der Waals surface area contributed by atoms with Gasteiger partial charge in [-0.05, 0) is 43.9 Å². The number of aryl methyl sites for hydroxylation is 1. The van der Waals surface area contributed by atoms with E-state index >= 15 is 0 Å². The Hall–Kier alpha value is -2.40. The molecule has 1 aliphatic rings. The average Bonchev–Trinajstić information content (AvgIpc) is 3.27. The minimum atomic E-state index is 0.0658. The molecule has 0 spiro atoms. The SMILES string of the molecule is Cc1ccc(-c2cnn([C@@H]3CCCCO3)c2)c(-n2cccn2)c1. The predicted octanol–water partition coefficient (Wildman–Crippen LogP) is 3.74. The summed E-state index contributed by atoms with van der Waals surface area (Å²) in [5, 5.41) is 8.90. The first-order chi connectivity index (χ1) is 11.3. The van der Waals surface area contributed by atoms with E-state index in [1.807, 2.05) is 27.8 Å². The Morgan fingerprint density at radius 1 is 1.22 bits per heavy atom. The zero-order chi connectivity index (χ0) is 15.6. The number of benzene rings is 1. The molecule has 1 saturated heterocycles. The Balaban J connectivity index is 1.72. The topological polar surface area (TPSA) is 44.9 Å². The van der Waals surface area contributed by atoms with E-state index in [4.69, 9.17) is 4.74 Å². The third-order valence-electron chi connectivity index (χ3n) is 4.27. The smallest absolute Gasteiger partial charge is 0.150 e. The molecule has 23 heavy (non-hydrogen) atoms. The second kappa shape index (κ2) is 6.01. The fourth-order valence-corrected chi connectivity index (χ4v) is 3.05. The van der Waals surface area contributed by atoms with Gasteiger partial charge in [0, 0.05) is 36.3 Å². The van der Waals surface area contributed by atoms with E-state index in [9.17, 15) is 0 Å². The van der Waals surface area contributed by atoms with Crippen molar-refractivity contribution in [2.75, 3.05) is 6.61 Å². The maximum atomic E-state index is 5.82. The number of ether oxygens (including phenoxy) is 1. The summed E-state index contributed by atoms with van der Waals surface area (Å²) in [6, 6.07) is 8.34. The molecule has 0 amide bonds. The molecule has 0 unspecified atom stereocenters. The molecule has 1 fully saturated rings. The minimum Gasteiger partial charge on any atom is -0.357 e. The Morgan fingerprint density at radius 3 is 2.96 bits per heavy atom.